The molecule has 2 heterocycles. The first-order chi connectivity index (χ1) is 12.5. The topological polar surface area (TPSA) is 89.8 Å². The number of hydrogen-bond acceptors (Lipinski definition) is 6. The minimum Gasteiger partial charge on any atom is -0.497 e. The normalized spacial score (nSPS) is 14.9. The van der Waals surface area contributed by atoms with Gasteiger partial charge in [0.15, 0.2) is 5.78 Å². The molecule has 0 aliphatic carbocycles. The van der Waals surface area contributed by atoms with Gasteiger partial charge >= 0.3 is 5.00 Å². The second-order valence-electron chi connectivity index (χ2n) is 6.05. The van der Waals surface area contributed by atoms with Gasteiger partial charge in [-0.1, -0.05) is 11.3 Å². The summed E-state index contributed by atoms with van der Waals surface area (Å²) in [5.41, 5.74) is 0.643. The number of methoxy groups -OCH3 is 1. The molecular weight excluding hydrogens is 356 g/mol. The van der Waals surface area contributed by atoms with Gasteiger partial charge in [-0.15, -0.1) is 0 Å². The Labute approximate surface area is 154 Å². The van der Waals surface area contributed by atoms with Crippen LogP contribution >= 0.6 is 11.3 Å². The number of carbonyl (C=O) groups is 2. The lowest BCUT2D eigenvalue weighted by Crippen LogP contribution is -2.40. The maximum Gasteiger partial charge on any atom is 0.324 e. The van der Waals surface area contributed by atoms with Crippen molar-refractivity contribution in [3.8, 4) is 5.75 Å². The van der Waals surface area contributed by atoms with Gasteiger partial charge in [0.2, 0.25) is 0 Å². The first kappa shape index (κ1) is 18.1. The van der Waals surface area contributed by atoms with Crippen molar-refractivity contribution in [2.45, 2.75) is 12.8 Å². The van der Waals surface area contributed by atoms with E-state index in [4.69, 9.17) is 4.74 Å². The number of likely N-dealkylation sites (tertiary alicyclic amines) is 1. The monoisotopic (exact) mass is 374 g/mol. The second-order valence-corrected chi connectivity index (χ2v) is 7.12. The Bertz CT molecular complexity index is 822. The van der Waals surface area contributed by atoms with Gasteiger partial charge < -0.3 is 9.64 Å². The molecule has 0 saturated carbocycles. The third-order valence-corrected chi connectivity index (χ3v) is 5.53. The average molecular weight is 374 g/mol. The lowest BCUT2D eigenvalue weighted by atomic mass is 9.89. The molecule has 3 rings (SSSR count). The zero-order chi connectivity index (χ0) is 18.7. The summed E-state index contributed by atoms with van der Waals surface area (Å²) in [7, 11) is 1.58. The van der Waals surface area contributed by atoms with Crippen LogP contribution in [0.15, 0.2) is 36.4 Å². The molecule has 1 aliphatic heterocycles. The molecule has 7 nitrogen and oxygen atoms in total. The van der Waals surface area contributed by atoms with Gasteiger partial charge in [-0.25, -0.2) is 0 Å². The third kappa shape index (κ3) is 3.75. The zero-order valence-electron chi connectivity index (χ0n) is 14.2. The van der Waals surface area contributed by atoms with Crippen LogP contribution in [-0.4, -0.2) is 41.7 Å². The summed E-state index contributed by atoms with van der Waals surface area (Å²) in [6, 6.07) is 9.86. The fourth-order valence-electron chi connectivity index (χ4n) is 3.03. The molecule has 136 valence electrons. The zero-order valence-corrected chi connectivity index (χ0v) is 15.0. The highest BCUT2D eigenvalue weighted by molar-refractivity contribution is 7.17. The average Bonchev–Trinajstić information content (AvgIpc) is 3.17. The molecule has 0 bridgehead atoms. The van der Waals surface area contributed by atoms with E-state index in [1.54, 1.807) is 36.3 Å². The van der Waals surface area contributed by atoms with Gasteiger partial charge in [0.1, 0.15) is 5.75 Å². The molecule has 0 spiro atoms. The van der Waals surface area contributed by atoms with Crippen LogP contribution in [0, 0.1) is 16.0 Å². The van der Waals surface area contributed by atoms with E-state index in [2.05, 4.69) is 0 Å². The highest BCUT2D eigenvalue weighted by atomic mass is 32.1. The smallest absolute Gasteiger partial charge is 0.324 e. The Morgan fingerprint density at radius 1 is 1.15 bits per heavy atom. The quantitative estimate of drug-likeness (QED) is 0.454. The summed E-state index contributed by atoms with van der Waals surface area (Å²) < 4.78 is 5.10. The van der Waals surface area contributed by atoms with Crippen LogP contribution in [0.2, 0.25) is 0 Å². The van der Waals surface area contributed by atoms with Gasteiger partial charge in [0.25, 0.3) is 5.91 Å². The lowest BCUT2D eigenvalue weighted by Gasteiger charge is -2.31. The number of rotatable bonds is 5. The number of ether oxygens (including phenoxy) is 1. The molecule has 1 amide bonds. The summed E-state index contributed by atoms with van der Waals surface area (Å²) in [4.78, 5) is 37.3. The summed E-state index contributed by atoms with van der Waals surface area (Å²) >= 11 is 0.881. The Morgan fingerprint density at radius 2 is 1.81 bits per heavy atom. The van der Waals surface area contributed by atoms with Crippen LogP contribution in [0.4, 0.5) is 5.00 Å². The number of hydrogen-bond donors (Lipinski definition) is 0. The standard InChI is InChI=1S/C18H18N2O5S/c1-25-14-4-2-12(3-5-14)17(21)13-8-10-19(11-9-13)18(22)15-6-7-16(26-15)20(23)24/h2-7,13H,8-11H2,1H3. The third-order valence-electron chi connectivity index (χ3n) is 4.51. The summed E-state index contributed by atoms with van der Waals surface area (Å²) in [5, 5.41) is 10.7. The van der Waals surface area contributed by atoms with Crippen LogP contribution < -0.4 is 4.74 Å². The van der Waals surface area contributed by atoms with E-state index in [9.17, 15) is 19.7 Å². The van der Waals surface area contributed by atoms with E-state index >= 15 is 0 Å². The fourth-order valence-corrected chi connectivity index (χ4v) is 3.82. The van der Waals surface area contributed by atoms with Crippen molar-refractivity contribution in [3.05, 3.63) is 57.0 Å². The molecule has 26 heavy (non-hydrogen) atoms. The first-order valence-corrected chi connectivity index (χ1v) is 9.03. The predicted octanol–water partition coefficient (Wildman–Crippen LogP) is 3.40. The summed E-state index contributed by atoms with van der Waals surface area (Å²) in [6.07, 6.45) is 1.17. The van der Waals surface area contributed by atoms with Crippen molar-refractivity contribution in [2.75, 3.05) is 20.2 Å². The van der Waals surface area contributed by atoms with E-state index in [1.807, 2.05) is 0 Å². The number of nitrogens with zero attached hydrogens (tertiary/aromatic N) is 2. The van der Waals surface area contributed by atoms with Crippen LogP contribution in [0.1, 0.15) is 32.9 Å². The molecule has 0 unspecified atom stereocenters. The van der Waals surface area contributed by atoms with Gasteiger partial charge in [0, 0.05) is 30.6 Å². The van der Waals surface area contributed by atoms with Crippen LogP contribution in [-0.2, 0) is 0 Å². The molecule has 1 aliphatic rings. The molecule has 0 atom stereocenters. The number of thiophene rings is 1. The first-order valence-electron chi connectivity index (χ1n) is 8.21. The minimum atomic E-state index is -0.499. The second kappa shape index (κ2) is 7.65. The minimum absolute atomic E-state index is 0.0436. The Morgan fingerprint density at radius 3 is 2.35 bits per heavy atom. The highest BCUT2D eigenvalue weighted by Crippen LogP contribution is 2.28. The Hall–Kier alpha value is -2.74. The maximum absolute atomic E-state index is 12.6. The van der Waals surface area contributed by atoms with Crippen molar-refractivity contribution in [1.29, 1.82) is 0 Å². The van der Waals surface area contributed by atoms with Crippen LogP contribution in [0.5, 0.6) is 5.75 Å². The number of nitro groups is 1. The van der Waals surface area contributed by atoms with Crippen LogP contribution in [0.25, 0.3) is 0 Å². The number of Topliss-reactive ketones (excluding diaryl/α,β-unsaturated/α-hetero) is 1. The number of piperidine rings is 1. The van der Waals surface area contributed by atoms with Gasteiger partial charge in [-0.3, -0.25) is 19.7 Å². The van der Waals surface area contributed by atoms with Crippen molar-refractivity contribution in [1.82, 2.24) is 4.90 Å². The molecule has 2 aromatic rings. The van der Waals surface area contributed by atoms with Crippen molar-refractivity contribution in [3.63, 3.8) is 0 Å². The molecule has 1 aromatic carbocycles. The van der Waals surface area contributed by atoms with Gasteiger partial charge in [0.05, 0.1) is 16.9 Å². The SMILES string of the molecule is COc1ccc(C(=O)C2CCN(C(=O)c3ccc([N+](=O)[O-])s3)CC2)cc1. The maximum atomic E-state index is 12.6. The van der Waals surface area contributed by atoms with Crippen molar-refractivity contribution >= 4 is 28.0 Å². The van der Waals surface area contributed by atoms with E-state index in [-0.39, 0.29) is 22.6 Å². The fraction of sp³-hybridized carbons (Fsp3) is 0.333. The number of carbonyl (C=O) groups excluding carboxylic acids is 2. The highest BCUT2D eigenvalue weighted by Gasteiger charge is 2.29. The largest absolute Gasteiger partial charge is 0.497 e. The van der Waals surface area contributed by atoms with Crippen molar-refractivity contribution < 1.29 is 19.2 Å². The molecular formula is C18H18N2O5S. The Balaban J connectivity index is 1.60. The van der Waals surface area contributed by atoms with E-state index in [0.29, 0.717) is 42.1 Å². The van der Waals surface area contributed by atoms with Crippen molar-refractivity contribution in [2.24, 2.45) is 5.92 Å². The lowest BCUT2D eigenvalue weighted by molar-refractivity contribution is -0.380. The molecule has 1 fully saturated rings. The van der Waals surface area contributed by atoms with E-state index in [0.717, 1.165) is 11.3 Å². The number of ketones is 1. The predicted molar refractivity (Wildman–Crippen MR) is 96.9 cm³/mol. The molecule has 8 heteroatoms. The summed E-state index contributed by atoms with van der Waals surface area (Å²) in [5.74, 6) is 0.446. The number of benzene rings is 1. The van der Waals surface area contributed by atoms with Gasteiger partial charge in [-0.05, 0) is 43.2 Å². The molecule has 0 N–H and O–H groups in total. The van der Waals surface area contributed by atoms with Crippen LogP contribution in [0.3, 0.4) is 0 Å². The Kier molecular flexibility index (Phi) is 5.32. The van der Waals surface area contributed by atoms with E-state index < -0.39 is 4.92 Å². The van der Waals surface area contributed by atoms with Gasteiger partial charge in [-0.2, -0.15) is 0 Å². The molecule has 0 radical (unpaired) electrons. The summed E-state index contributed by atoms with van der Waals surface area (Å²) in [6.45, 7) is 0.939. The van der Waals surface area contributed by atoms with E-state index in [1.165, 1.54) is 12.1 Å². The molecule has 1 saturated heterocycles. The number of amides is 1. The molecule has 1 aromatic heterocycles.